The molecule has 0 aromatic carbocycles. The molecule has 4 N–H and O–H groups in total. The number of nitrogens with two attached hydrogens (primary N) is 1. The van der Waals surface area contributed by atoms with Crippen molar-refractivity contribution >= 4 is 11.7 Å². The molecule has 0 atom stereocenters. The molecule has 20 heavy (non-hydrogen) atoms. The standard InChI is InChI=1S/C13H24N6O/c1-10-11(12(14)20)13(18(2)17-10)16-4-3-7-19-8-5-15-6-9-19/h15-16H,3-9H2,1-2H3,(H2,14,20). The molecule has 1 aromatic rings. The lowest BCUT2D eigenvalue weighted by Crippen LogP contribution is -2.44. The van der Waals surface area contributed by atoms with E-state index in [4.69, 9.17) is 5.73 Å². The Labute approximate surface area is 119 Å². The number of aromatic nitrogens is 2. The number of hydrogen-bond donors (Lipinski definition) is 3. The van der Waals surface area contributed by atoms with E-state index in [9.17, 15) is 4.79 Å². The average Bonchev–Trinajstić information content (AvgIpc) is 2.70. The Morgan fingerprint density at radius 1 is 1.45 bits per heavy atom. The second-order valence-corrected chi connectivity index (χ2v) is 5.17. The predicted octanol–water partition coefficient (Wildman–Crippen LogP) is -0.465. The normalized spacial score (nSPS) is 16.3. The van der Waals surface area contributed by atoms with Crippen LogP contribution in [0.3, 0.4) is 0 Å². The Morgan fingerprint density at radius 2 is 2.15 bits per heavy atom. The van der Waals surface area contributed by atoms with Gasteiger partial charge in [0, 0.05) is 39.8 Å². The van der Waals surface area contributed by atoms with Gasteiger partial charge in [-0.2, -0.15) is 5.10 Å². The maximum absolute atomic E-state index is 11.4. The molecule has 0 radical (unpaired) electrons. The van der Waals surface area contributed by atoms with E-state index >= 15 is 0 Å². The van der Waals surface area contributed by atoms with Gasteiger partial charge in [0.25, 0.3) is 5.91 Å². The van der Waals surface area contributed by atoms with Gasteiger partial charge >= 0.3 is 0 Å². The molecule has 7 nitrogen and oxygen atoms in total. The molecular formula is C13H24N6O. The minimum atomic E-state index is -0.430. The first-order valence-corrected chi connectivity index (χ1v) is 7.10. The number of aryl methyl sites for hydroxylation is 2. The number of nitrogens with zero attached hydrogens (tertiary/aromatic N) is 3. The zero-order valence-electron chi connectivity index (χ0n) is 12.3. The van der Waals surface area contributed by atoms with Gasteiger partial charge in [-0.1, -0.05) is 0 Å². The quantitative estimate of drug-likeness (QED) is 0.613. The van der Waals surface area contributed by atoms with E-state index in [0.29, 0.717) is 11.3 Å². The highest BCUT2D eigenvalue weighted by molar-refractivity contribution is 5.98. The molecule has 0 aliphatic carbocycles. The Balaban J connectivity index is 1.83. The molecular weight excluding hydrogens is 256 g/mol. The van der Waals surface area contributed by atoms with E-state index < -0.39 is 5.91 Å². The molecule has 0 saturated carbocycles. The summed E-state index contributed by atoms with van der Waals surface area (Å²) in [6, 6.07) is 0. The summed E-state index contributed by atoms with van der Waals surface area (Å²) in [5.74, 6) is 0.288. The van der Waals surface area contributed by atoms with Crippen LogP contribution in [-0.4, -0.2) is 59.9 Å². The van der Waals surface area contributed by atoms with Gasteiger partial charge < -0.3 is 21.3 Å². The Hall–Kier alpha value is -1.60. The predicted molar refractivity (Wildman–Crippen MR) is 78.9 cm³/mol. The third-order valence-corrected chi connectivity index (χ3v) is 3.62. The molecule has 112 valence electrons. The number of piperazine rings is 1. The van der Waals surface area contributed by atoms with Crippen LogP contribution in [0.2, 0.25) is 0 Å². The molecule has 0 bridgehead atoms. The molecule has 0 unspecified atom stereocenters. The second-order valence-electron chi connectivity index (χ2n) is 5.17. The number of nitrogens with one attached hydrogen (secondary N) is 2. The van der Waals surface area contributed by atoms with Crippen LogP contribution < -0.4 is 16.4 Å². The highest BCUT2D eigenvalue weighted by Crippen LogP contribution is 2.17. The van der Waals surface area contributed by atoms with Crippen LogP contribution >= 0.6 is 0 Å². The van der Waals surface area contributed by atoms with E-state index in [1.807, 2.05) is 7.05 Å². The molecule has 2 rings (SSSR count). The molecule has 1 saturated heterocycles. The maximum atomic E-state index is 11.4. The summed E-state index contributed by atoms with van der Waals surface area (Å²) in [6.07, 6.45) is 1.03. The van der Waals surface area contributed by atoms with Crippen LogP contribution in [0.5, 0.6) is 0 Å². The Kier molecular flexibility index (Phi) is 4.97. The summed E-state index contributed by atoms with van der Waals surface area (Å²) >= 11 is 0. The lowest BCUT2D eigenvalue weighted by Gasteiger charge is -2.27. The van der Waals surface area contributed by atoms with Gasteiger partial charge in [-0.25, -0.2) is 0 Å². The molecule has 2 heterocycles. The molecule has 1 fully saturated rings. The molecule has 1 aliphatic rings. The summed E-state index contributed by atoms with van der Waals surface area (Å²) in [7, 11) is 1.82. The van der Waals surface area contributed by atoms with Crippen LogP contribution in [0.25, 0.3) is 0 Å². The van der Waals surface area contributed by atoms with Crippen molar-refractivity contribution in [2.45, 2.75) is 13.3 Å². The topological polar surface area (TPSA) is 88.2 Å². The van der Waals surface area contributed by atoms with Gasteiger partial charge in [0.15, 0.2) is 0 Å². The fourth-order valence-corrected chi connectivity index (χ4v) is 2.60. The second kappa shape index (κ2) is 6.71. The van der Waals surface area contributed by atoms with Gasteiger partial charge in [0.05, 0.1) is 5.69 Å². The lowest BCUT2D eigenvalue weighted by atomic mass is 10.2. The Morgan fingerprint density at radius 3 is 2.80 bits per heavy atom. The first-order valence-electron chi connectivity index (χ1n) is 7.10. The molecule has 1 aromatic heterocycles. The van der Waals surface area contributed by atoms with Gasteiger partial charge in [0.2, 0.25) is 0 Å². The van der Waals surface area contributed by atoms with E-state index in [-0.39, 0.29) is 0 Å². The van der Waals surface area contributed by atoms with Crippen molar-refractivity contribution in [3.8, 4) is 0 Å². The fourth-order valence-electron chi connectivity index (χ4n) is 2.60. The van der Waals surface area contributed by atoms with Crippen molar-refractivity contribution in [3.05, 3.63) is 11.3 Å². The van der Waals surface area contributed by atoms with Crippen LogP contribution in [0.4, 0.5) is 5.82 Å². The summed E-state index contributed by atoms with van der Waals surface area (Å²) in [5, 5.41) is 10.9. The van der Waals surface area contributed by atoms with Crippen LogP contribution in [0.1, 0.15) is 22.5 Å². The van der Waals surface area contributed by atoms with Crippen molar-refractivity contribution in [2.24, 2.45) is 12.8 Å². The zero-order valence-corrected chi connectivity index (χ0v) is 12.3. The van der Waals surface area contributed by atoms with Crippen LogP contribution in [0.15, 0.2) is 0 Å². The smallest absolute Gasteiger partial charge is 0.254 e. The SMILES string of the molecule is Cc1nn(C)c(NCCCN2CCNCC2)c1C(N)=O. The van der Waals surface area contributed by atoms with Crippen molar-refractivity contribution < 1.29 is 4.79 Å². The summed E-state index contributed by atoms with van der Waals surface area (Å²) in [5.41, 5.74) is 6.57. The lowest BCUT2D eigenvalue weighted by molar-refractivity contribution is 0.100. The number of anilines is 1. The largest absolute Gasteiger partial charge is 0.370 e. The Bertz CT molecular complexity index is 464. The molecule has 1 aliphatic heterocycles. The van der Waals surface area contributed by atoms with Crippen molar-refractivity contribution in [2.75, 3.05) is 44.6 Å². The van der Waals surface area contributed by atoms with Gasteiger partial charge in [-0.15, -0.1) is 0 Å². The molecule has 1 amide bonds. The maximum Gasteiger partial charge on any atom is 0.254 e. The minimum absolute atomic E-state index is 0.430. The van der Waals surface area contributed by atoms with Crippen LogP contribution in [-0.2, 0) is 7.05 Å². The average molecular weight is 280 g/mol. The first kappa shape index (κ1) is 14.8. The minimum Gasteiger partial charge on any atom is -0.370 e. The summed E-state index contributed by atoms with van der Waals surface area (Å²) < 4.78 is 1.68. The number of carbonyl (C=O) groups is 1. The highest BCUT2D eigenvalue weighted by atomic mass is 16.1. The van der Waals surface area contributed by atoms with Gasteiger partial charge in [-0.3, -0.25) is 9.48 Å². The monoisotopic (exact) mass is 280 g/mol. The van der Waals surface area contributed by atoms with Crippen LogP contribution in [0, 0.1) is 6.92 Å². The number of hydrogen-bond acceptors (Lipinski definition) is 5. The zero-order chi connectivity index (χ0) is 14.5. The fraction of sp³-hybridized carbons (Fsp3) is 0.692. The number of primary amides is 1. The van der Waals surface area contributed by atoms with Crippen molar-refractivity contribution in [1.29, 1.82) is 0 Å². The van der Waals surface area contributed by atoms with Crippen molar-refractivity contribution in [3.63, 3.8) is 0 Å². The highest BCUT2D eigenvalue weighted by Gasteiger charge is 2.17. The third kappa shape index (κ3) is 3.49. The summed E-state index contributed by atoms with van der Waals surface area (Å²) in [6.45, 7) is 8.03. The summed E-state index contributed by atoms with van der Waals surface area (Å²) in [4.78, 5) is 13.9. The number of amides is 1. The van der Waals surface area contributed by atoms with Gasteiger partial charge in [-0.05, 0) is 19.9 Å². The number of carbonyl (C=O) groups excluding carboxylic acids is 1. The molecule has 0 spiro atoms. The third-order valence-electron chi connectivity index (χ3n) is 3.62. The van der Waals surface area contributed by atoms with Crippen molar-refractivity contribution in [1.82, 2.24) is 20.0 Å². The first-order chi connectivity index (χ1) is 9.59. The molecule has 7 heteroatoms. The number of rotatable bonds is 6. The van der Waals surface area contributed by atoms with E-state index in [2.05, 4.69) is 20.6 Å². The van der Waals surface area contributed by atoms with E-state index in [1.54, 1.807) is 11.6 Å². The van der Waals surface area contributed by atoms with Gasteiger partial charge in [0.1, 0.15) is 11.4 Å². The van der Waals surface area contributed by atoms with E-state index in [1.165, 1.54) is 0 Å². The van der Waals surface area contributed by atoms with E-state index in [0.717, 1.165) is 51.5 Å².